The van der Waals surface area contributed by atoms with Crippen LogP contribution in [0.2, 0.25) is 0 Å². The lowest BCUT2D eigenvalue weighted by molar-refractivity contribution is -0.114. The van der Waals surface area contributed by atoms with Gasteiger partial charge in [-0.2, -0.15) is 0 Å². The van der Waals surface area contributed by atoms with Gasteiger partial charge >= 0.3 is 0 Å². The fraction of sp³-hybridized carbons (Fsp3) is 0.308. The zero-order valence-electron chi connectivity index (χ0n) is 18.2. The summed E-state index contributed by atoms with van der Waals surface area (Å²) in [5.41, 5.74) is 5.37. The molecule has 31 heavy (non-hydrogen) atoms. The fourth-order valence-corrected chi connectivity index (χ4v) is 4.24. The van der Waals surface area contributed by atoms with Crippen LogP contribution in [0.25, 0.3) is 11.3 Å². The van der Waals surface area contributed by atoms with Crippen LogP contribution in [0.1, 0.15) is 43.4 Å². The molecule has 2 aromatic carbocycles. The highest BCUT2D eigenvalue weighted by atomic mass is 16.5. The first kappa shape index (κ1) is 21.1. The molecule has 1 N–H and O–H groups in total. The minimum absolute atomic E-state index is 0.0475. The lowest BCUT2D eigenvalue weighted by Crippen LogP contribution is -2.33. The van der Waals surface area contributed by atoms with Gasteiger partial charge in [0, 0.05) is 37.0 Å². The van der Waals surface area contributed by atoms with E-state index in [2.05, 4.69) is 40.5 Å². The highest BCUT2D eigenvalue weighted by Gasteiger charge is 2.24. The van der Waals surface area contributed by atoms with Crippen molar-refractivity contribution in [2.24, 2.45) is 0 Å². The van der Waals surface area contributed by atoms with E-state index in [0.29, 0.717) is 6.04 Å². The van der Waals surface area contributed by atoms with E-state index < -0.39 is 0 Å². The highest BCUT2D eigenvalue weighted by molar-refractivity contribution is 5.88. The summed E-state index contributed by atoms with van der Waals surface area (Å²) in [6.45, 7) is 3.50. The predicted molar refractivity (Wildman–Crippen MR) is 124 cm³/mol. The molecule has 160 valence electrons. The molecule has 0 unspecified atom stereocenters. The van der Waals surface area contributed by atoms with Crippen molar-refractivity contribution in [2.75, 3.05) is 19.0 Å². The molecular weight excluding hydrogens is 386 g/mol. The van der Waals surface area contributed by atoms with Gasteiger partial charge in [-0.15, -0.1) is 0 Å². The Kier molecular flexibility index (Phi) is 6.63. The Morgan fingerprint density at radius 3 is 2.68 bits per heavy atom. The van der Waals surface area contributed by atoms with Crippen molar-refractivity contribution in [3.05, 3.63) is 78.0 Å². The second-order valence-corrected chi connectivity index (χ2v) is 8.07. The van der Waals surface area contributed by atoms with Gasteiger partial charge in [-0.25, -0.2) is 0 Å². The van der Waals surface area contributed by atoms with Crippen molar-refractivity contribution in [3.8, 4) is 17.0 Å². The van der Waals surface area contributed by atoms with Crippen molar-refractivity contribution in [1.29, 1.82) is 0 Å². The number of pyridine rings is 1. The number of amides is 1. The maximum absolute atomic E-state index is 11.2. The number of benzene rings is 2. The van der Waals surface area contributed by atoms with Crippen LogP contribution in [0.5, 0.6) is 5.75 Å². The van der Waals surface area contributed by atoms with Crippen molar-refractivity contribution in [2.45, 2.75) is 38.8 Å². The van der Waals surface area contributed by atoms with Gasteiger partial charge < -0.3 is 10.1 Å². The Morgan fingerprint density at radius 1 is 1.13 bits per heavy atom. The van der Waals surface area contributed by atoms with Crippen LogP contribution in [0.3, 0.4) is 0 Å². The molecule has 1 amide bonds. The summed E-state index contributed by atoms with van der Waals surface area (Å²) in [6, 6.07) is 20.8. The number of likely N-dealkylation sites (tertiary alicyclic amines) is 1. The Bertz CT molecular complexity index is 1020. The lowest BCUT2D eigenvalue weighted by Gasteiger charge is -2.36. The number of ether oxygens (including phenoxy) is 1. The Labute approximate surface area is 184 Å². The molecule has 1 aliphatic heterocycles. The van der Waals surface area contributed by atoms with Gasteiger partial charge in [-0.1, -0.05) is 36.8 Å². The minimum Gasteiger partial charge on any atom is -0.497 e. The number of hydrogen-bond acceptors (Lipinski definition) is 4. The van der Waals surface area contributed by atoms with Crippen molar-refractivity contribution >= 4 is 11.6 Å². The lowest BCUT2D eigenvalue weighted by atomic mass is 9.95. The average Bonchev–Trinajstić information content (AvgIpc) is 2.80. The molecule has 4 rings (SSSR count). The number of carbonyl (C=O) groups excluding carboxylic acids is 1. The summed E-state index contributed by atoms with van der Waals surface area (Å²) < 4.78 is 5.34. The minimum atomic E-state index is -0.0475. The average molecular weight is 416 g/mol. The van der Waals surface area contributed by atoms with Crippen molar-refractivity contribution in [3.63, 3.8) is 0 Å². The smallest absolute Gasteiger partial charge is 0.221 e. The third-order valence-electron chi connectivity index (χ3n) is 5.81. The van der Waals surface area contributed by atoms with E-state index in [4.69, 9.17) is 9.72 Å². The van der Waals surface area contributed by atoms with E-state index in [0.717, 1.165) is 42.2 Å². The molecule has 1 fully saturated rings. The third-order valence-corrected chi connectivity index (χ3v) is 5.81. The van der Waals surface area contributed by atoms with E-state index >= 15 is 0 Å². The number of piperidine rings is 1. The molecule has 0 aliphatic carbocycles. The first-order chi connectivity index (χ1) is 15.1. The number of carbonyl (C=O) groups is 1. The normalized spacial score (nSPS) is 16.6. The van der Waals surface area contributed by atoms with Gasteiger partial charge in [0.1, 0.15) is 5.75 Å². The van der Waals surface area contributed by atoms with Crippen LogP contribution in [0, 0.1) is 0 Å². The first-order valence-electron chi connectivity index (χ1n) is 10.8. The third kappa shape index (κ3) is 5.30. The molecule has 3 aromatic rings. The standard InChI is InChI=1S/C26H29N3O2/c1-19(30)28-23-12-9-20(10-13-23)18-29-15-4-3-8-26(29)22-11-14-25(27-17-22)21-6-5-7-24(16-21)31-2/h5-7,9-14,16-17,26H,3-4,8,15,18H2,1-2H3,(H,28,30)/t26-/m0/s1. The Balaban J connectivity index is 1.48. The topological polar surface area (TPSA) is 54.5 Å². The summed E-state index contributed by atoms with van der Waals surface area (Å²) in [7, 11) is 1.68. The molecule has 2 heterocycles. The largest absolute Gasteiger partial charge is 0.497 e. The van der Waals surface area contributed by atoms with Gasteiger partial charge in [-0.3, -0.25) is 14.7 Å². The molecule has 1 saturated heterocycles. The zero-order chi connectivity index (χ0) is 21.6. The number of anilines is 1. The SMILES string of the molecule is COc1cccc(-c2ccc([C@@H]3CCCCN3Cc3ccc(NC(C)=O)cc3)cn2)c1. The van der Waals surface area contributed by atoms with E-state index in [9.17, 15) is 4.79 Å². The second kappa shape index (κ2) is 9.75. The summed E-state index contributed by atoms with van der Waals surface area (Å²) in [5, 5.41) is 2.83. The van der Waals surface area contributed by atoms with Gasteiger partial charge in [0.05, 0.1) is 12.8 Å². The van der Waals surface area contributed by atoms with E-state index in [1.54, 1.807) is 7.11 Å². The van der Waals surface area contributed by atoms with Gasteiger partial charge in [-0.05, 0) is 60.8 Å². The molecule has 0 spiro atoms. The first-order valence-corrected chi connectivity index (χ1v) is 10.8. The predicted octanol–water partition coefficient (Wildman–Crippen LogP) is 5.44. The number of nitrogens with one attached hydrogen (secondary N) is 1. The van der Waals surface area contributed by atoms with Crippen LogP contribution < -0.4 is 10.1 Å². The van der Waals surface area contributed by atoms with E-state index in [1.807, 2.05) is 36.5 Å². The zero-order valence-corrected chi connectivity index (χ0v) is 18.2. The highest BCUT2D eigenvalue weighted by Crippen LogP contribution is 2.33. The van der Waals surface area contributed by atoms with Gasteiger partial charge in [0.15, 0.2) is 0 Å². The van der Waals surface area contributed by atoms with Crippen LogP contribution in [0.15, 0.2) is 66.9 Å². The summed E-state index contributed by atoms with van der Waals surface area (Å²) >= 11 is 0. The molecule has 1 aromatic heterocycles. The number of rotatable bonds is 6. The van der Waals surface area contributed by atoms with Crippen LogP contribution in [0.4, 0.5) is 5.69 Å². The Morgan fingerprint density at radius 2 is 1.97 bits per heavy atom. The van der Waals surface area contributed by atoms with Crippen LogP contribution in [-0.2, 0) is 11.3 Å². The van der Waals surface area contributed by atoms with Crippen LogP contribution >= 0.6 is 0 Å². The van der Waals surface area contributed by atoms with Gasteiger partial charge in [0.2, 0.25) is 5.91 Å². The number of aromatic nitrogens is 1. The molecule has 1 aliphatic rings. The van der Waals surface area contributed by atoms with E-state index in [-0.39, 0.29) is 5.91 Å². The summed E-state index contributed by atoms with van der Waals surface area (Å²) in [6.07, 6.45) is 5.62. The number of methoxy groups -OCH3 is 1. The molecule has 5 heteroatoms. The molecule has 0 radical (unpaired) electrons. The van der Waals surface area contributed by atoms with Crippen LogP contribution in [-0.4, -0.2) is 29.4 Å². The molecule has 5 nitrogen and oxygen atoms in total. The second-order valence-electron chi connectivity index (χ2n) is 8.07. The van der Waals surface area contributed by atoms with E-state index in [1.165, 1.54) is 30.9 Å². The summed E-state index contributed by atoms with van der Waals surface area (Å²) in [5.74, 6) is 0.792. The number of nitrogens with zero attached hydrogens (tertiary/aromatic N) is 2. The molecular formula is C26H29N3O2. The van der Waals surface area contributed by atoms with Crippen molar-refractivity contribution < 1.29 is 9.53 Å². The monoisotopic (exact) mass is 415 g/mol. The fourth-order valence-electron chi connectivity index (χ4n) is 4.24. The quantitative estimate of drug-likeness (QED) is 0.582. The Hall–Kier alpha value is -3.18. The summed E-state index contributed by atoms with van der Waals surface area (Å²) in [4.78, 5) is 18.5. The molecule has 0 bridgehead atoms. The van der Waals surface area contributed by atoms with Crippen molar-refractivity contribution in [1.82, 2.24) is 9.88 Å². The maximum atomic E-state index is 11.2. The maximum Gasteiger partial charge on any atom is 0.221 e. The molecule has 0 saturated carbocycles. The molecule has 1 atom stereocenters. The van der Waals surface area contributed by atoms with Gasteiger partial charge in [0.25, 0.3) is 0 Å². The number of hydrogen-bond donors (Lipinski definition) is 1.